The second kappa shape index (κ2) is 6.43. The van der Waals surface area contributed by atoms with E-state index in [1.807, 2.05) is 24.3 Å². The van der Waals surface area contributed by atoms with E-state index in [2.05, 4.69) is 12.6 Å². The van der Waals surface area contributed by atoms with Crippen molar-refractivity contribution in [2.75, 3.05) is 0 Å². The molecule has 0 aliphatic carbocycles. The maximum atomic E-state index is 9.39. The van der Waals surface area contributed by atoms with Crippen LogP contribution in [0.4, 0.5) is 0 Å². The number of nitrogens with two attached hydrogens (primary N) is 1. The van der Waals surface area contributed by atoms with Crippen LogP contribution in [0.3, 0.4) is 0 Å². The fourth-order valence-electron chi connectivity index (χ4n) is 1.95. The molecule has 0 aliphatic heterocycles. The number of benzene rings is 2. The van der Waals surface area contributed by atoms with Gasteiger partial charge in [0.25, 0.3) is 0 Å². The van der Waals surface area contributed by atoms with Crippen molar-refractivity contribution in [2.45, 2.75) is 18.9 Å². The monoisotopic (exact) mass is 263 g/mol. The number of aromatic hydroxyl groups is 1. The van der Waals surface area contributed by atoms with Gasteiger partial charge in [0, 0.05) is 6.04 Å². The summed E-state index contributed by atoms with van der Waals surface area (Å²) in [6.07, 6.45) is 3.72. The van der Waals surface area contributed by atoms with Crippen molar-refractivity contribution in [3.63, 3.8) is 0 Å². The Labute approximate surface area is 114 Å². The van der Waals surface area contributed by atoms with Crippen molar-refractivity contribution >= 4 is 23.2 Å². The van der Waals surface area contributed by atoms with Gasteiger partial charge < -0.3 is 10.8 Å². The summed E-state index contributed by atoms with van der Waals surface area (Å²) in [5.41, 5.74) is 7.23. The molecule has 0 radical (unpaired) electrons. The summed E-state index contributed by atoms with van der Waals surface area (Å²) >= 11 is 0. The summed E-state index contributed by atoms with van der Waals surface area (Å²) < 4.78 is 0. The number of fused-ring (bicyclic) bond motifs is 1. The molecule has 0 heterocycles. The molecular weight excluding hydrogens is 246 g/mol. The Hall–Kier alpha value is -1.51. The number of phenols is 1. The molecule has 0 amide bonds. The number of hydrogen-bond donors (Lipinski definition) is 2. The quantitative estimate of drug-likeness (QED) is 0.821. The van der Waals surface area contributed by atoms with Crippen LogP contribution in [0.25, 0.3) is 10.8 Å². The first-order valence-electron chi connectivity index (χ1n) is 5.80. The van der Waals surface area contributed by atoms with E-state index < -0.39 is 0 Å². The van der Waals surface area contributed by atoms with E-state index in [1.165, 1.54) is 0 Å². The molecule has 18 heavy (non-hydrogen) atoms. The van der Waals surface area contributed by atoms with Crippen LogP contribution in [-0.2, 0) is 0 Å². The van der Waals surface area contributed by atoms with Crippen molar-refractivity contribution < 1.29 is 5.11 Å². The van der Waals surface area contributed by atoms with Crippen LogP contribution >= 0.6 is 12.4 Å². The summed E-state index contributed by atoms with van der Waals surface area (Å²) in [5.74, 6) is 0.293. The van der Waals surface area contributed by atoms with E-state index in [9.17, 15) is 5.11 Å². The molecule has 3 heteroatoms. The predicted octanol–water partition coefficient (Wildman–Crippen LogP) is 3.93. The Morgan fingerprint density at radius 2 is 1.83 bits per heavy atom. The molecule has 0 aliphatic rings. The Morgan fingerprint density at radius 3 is 2.56 bits per heavy atom. The lowest BCUT2D eigenvalue weighted by Gasteiger charge is -2.11. The van der Waals surface area contributed by atoms with E-state index >= 15 is 0 Å². The standard InChI is InChI=1S/C15H17NO.ClH/c1-2-3-4-15(16)13-6-5-12-10-14(17)8-7-11(12)9-13;/h2,5-10,15,17H,1,3-4,16H2;1H/t15-;/m1./s1. The van der Waals surface area contributed by atoms with E-state index in [0.717, 1.165) is 29.2 Å². The molecule has 96 valence electrons. The first kappa shape index (κ1) is 14.6. The third kappa shape index (κ3) is 3.25. The summed E-state index contributed by atoms with van der Waals surface area (Å²) in [4.78, 5) is 0. The lowest BCUT2D eigenvalue weighted by atomic mass is 9.99. The minimum Gasteiger partial charge on any atom is -0.508 e. The molecule has 2 nitrogen and oxygen atoms in total. The van der Waals surface area contributed by atoms with Crippen LogP contribution in [0.15, 0.2) is 49.1 Å². The van der Waals surface area contributed by atoms with Gasteiger partial charge >= 0.3 is 0 Å². The highest BCUT2D eigenvalue weighted by Gasteiger charge is 2.05. The summed E-state index contributed by atoms with van der Waals surface area (Å²) in [6.45, 7) is 3.70. The zero-order valence-corrected chi connectivity index (χ0v) is 11.0. The Morgan fingerprint density at radius 1 is 1.17 bits per heavy atom. The van der Waals surface area contributed by atoms with Crippen LogP contribution in [0.5, 0.6) is 5.75 Å². The van der Waals surface area contributed by atoms with Crippen molar-refractivity contribution in [3.05, 3.63) is 54.6 Å². The largest absolute Gasteiger partial charge is 0.508 e. The zero-order valence-electron chi connectivity index (χ0n) is 10.2. The number of halogens is 1. The fraction of sp³-hybridized carbons (Fsp3) is 0.200. The van der Waals surface area contributed by atoms with Crippen molar-refractivity contribution in [2.24, 2.45) is 5.73 Å². The minimum absolute atomic E-state index is 0. The van der Waals surface area contributed by atoms with Gasteiger partial charge in [-0.05, 0) is 47.4 Å². The number of allylic oxidation sites excluding steroid dienone is 1. The van der Waals surface area contributed by atoms with Gasteiger partial charge in [-0.3, -0.25) is 0 Å². The molecular formula is C15H18ClNO. The van der Waals surface area contributed by atoms with Gasteiger partial charge in [-0.25, -0.2) is 0 Å². The van der Waals surface area contributed by atoms with Crippen LogP contribution in [0, 0.1) is 0 Å². The number of rotatable bonds is 4. The lowest BCUT2D eigenvalue weighted by molar-refractivity contribution is 0.476. The van der Waals surface area contributed by atoms with Crippen LogP contribution in [-0.4, -0.2) is 5.11 Å². The Bertz CT molecular complexity index is 539. The fourth-order valence-corrected chi connectivity index (χ4v) is 1.95. The van der Waals surface area contributed by atoms with Gasteiger partial charge in [-0.2, -0.15) is 0 Å². The van der Waals surface area contributed by atoms with Gasteiger partial charge in [0.05, 0.1) is 0 Å². The number of hydrogen-bond acceptors (Lipinski definition) is 2. The maximum Gasteiger partial charge on any atom is 0.116 e. The molecule has 2 rings (SSSR count). The van der Waals surface area contributed by atoms with Crippen LogP contribution in [0.2, 0.25) is 0 Å². The molecule has 2 aromatic carbocycles. The smallest absolute Gasteiger partial charge is 0.116 e. The molecule has 2 aromatic rings. The Balaban J connectivity index is 0.00000162. The molecule has 0 aromatic heterocycles. The molecule has 3 N–H and O–H groups in total. The molecule has 0 saturated carbocycles. The lowest BCUT2D eigenvalue weighted by Crippen LogP contribution is -2.09. The first-order valence-corrected chi connectivity index (χ1v) is 5.80. The van der Waals surface area contributed by atoms with Crippen molar-refractivity contribution in [3.8, 4) is 5.75 Å². The molecule has 0 bridgehead atoms. The molecule has 0 saturated heterocycles. The van der Waals surface area contributed by atoms with Gasteiger partial charge in [0.15, 0.2) is 0 Å². The number of phenolic OH excluding ortho intramolecular Hbond substituents is 1. The average Bonchev–Trinajstić information content (AvgIpc) is 2.35. The third-order valence-corrected chi connectivity index (χ3v) is 2.96. The van der Waals surface area contributed by atoms with E-state index in [0.29, 0.717) is 5.75 Å². The van der Waals surface area contributed by atoms with Crippen molar-refractivity contribution in [1.29, 1.82) is 0 Å². The van der Waals surface area contributed by atoms with E-state index in [4.69, 9.17) is 5.73 Å². The molecule has 0 unspecified atom stereocenters. The SMILES string of the molecule is C=CCC[C@@H](N)c1ccc2cc(O)ccc2c1.Cl. The van der Waals surface area contributed by atoms with Crippen molar-refractivity contribution in [1.82, 2.24) is 0 Å². The summed E-state index contributed by atoms with van der Waals surface area (Å²) in [7, 11) is 0. The van der Waals surface area contributed by atoms with Crippen LogP contribution < -0.4 is 5.73 Å². The van der Waals surface area contributed by atoms with Gasteiger partial charge in [-0.1, -0.05) is 24.3 Å². The maximum absolute atomic E-state index is 9.39. The zero-order chi connectivity index (χ0) is 12.3. The topological polar surface area (TPSA) is 46.2 Å². The van der Waals surface area contributed by atoms with E-state index in [1.54, 1.807) is 12.1 Å². The molecule has 1 atom stereocenters. The second-order valence-corrected chi connectivity index (χ2v) is 4.26. The Kier molecular flexibility index (Phi) is 5.20. The normalized spacial score (nSPS) is 11.8. The highest BCUT2D eigenvalue weighted by Crippen LogP contribution is 2.24. The first-order chi connectivity index (χ1) is 8.20. The summed E-state index contributed by atoms with van der Waals surface area (Å²) in [5, 5.41) is 11.5. The predicted molar refractivity (Wildman–Crippen MR) is 79.2 cm³/mol. The molecule has 0 fully saturated rings. The average molecular weight is 264 g/mol. The van der Waals surface area contributed by atoms with Crippen LogP contribution in [0.1, 0.15) is 24.4 Å². The van der Waals surface area contributed by atoms with Gasteiger partial charge in [0.2, 0.25) is 0 Å². The second-order valence-electron chi connectivity index (χ2n) is 4.26. The molecule has 0 spiro atoms. The third-order valence-electron chi connectivity index (χ3n) is 2.96. The highest BCUT2D eigenvalue weighted by atomic mass is 35.5. The highest BCUT2D eigenvalue weighted by molar-refractivity contribution is 5.85. The summed E-state index contributed by atoms with van der Waals surface area (Å²) in [6, 6.07) is 11.5. The minimum atomic E-state index is 0. The van der Waals surface area contributed by atoms with Gasteiger partial charge in [-0.15, -0.1) is 19.0 Å². The van der Waals surface area contributed by atoms with E-state index in [-0.39, 0.29) is 18.4 Å². The van der Waals surface area contributed by atoms with Gasteiger partial charge in [0.1, 0.15) is 5.75 Å².